The molecule has 160 valence electrons. The van der Waals surface area contributed by atoms with Gasteiger partial charge in [0.05, 0.1) is 0 Å². The zero-order valence-corrected chi connectivity index (χ0v) is 19.3. The lowest BCUT2D eigenvalue weighted by Crippen LogP contribution is -2.10. The van der Waals surface area contributed by atoms with Gasteiger partial charge in [-0.25, -0.2) is 0 Å². The van der Waals surface area contributed by atoms with E-state index in [0.29, 0.717) is 0 Å². The second kappa shape index (κ2) is 8.20. The molecule has 0 saturated carbocycles. The molecule has 0 radical (unpaired) electrons. The molecular formula is C30H30N2. The Kier molecular flexibility index (Phi) is 5.22. The molecule has 2 heteroatoms. The van der Waals surface area contributed by atoms with E-state index in [-0.39, 0.29) is 5.92 Å². The second-order valence-corrected chi connectivity index (χ2v) is 9.16. The normalized spacial score (nSPS) is 11.9. The van der Waals surface area contributed by atoms with E-state index in [0.717, 1.165) is 6.42 Å². The van der Waals surface area contributed by atoms with E-state index in [1.807, 2.05) is 0 Å². The van der Waals surface area contributed by atoms with E-state index in [1.54, 1.807) is 0 Å². The first kappa shape index (κ1) is 20.4. The Bertz CT molecular complexity index is 1180. The summed E-state index contributed by atoms with van der Waals surface area (Å²) in [6.07, 6.45) is 1.02. The molecule has 0 fully saturated rings. The summed E-state index contributed by atoms with van der Waals surface area (Å²) in [6.45, 7) is 0. The number of benzene rings is 4. The molecule has 0 bridgehead atoms. The standard InChI is InChI=1S/C30H30N2/c1-31(2)26-14-9-21(10-15-26)30(22-11-16-27(17-12-22)32(3)4)24-13-18-29-25(20-24)19-23-7-5-6-8-28(23)29/h5-18,20,30H,19H2,1-4H3. The van der Waals surface area contributed by atoms with Crippen LogP contribution in [0.1, 0.15) is 33.7 Å². The van der Waals surface area contributed by atoms with Crippen molar-refractivity contribution in [3.63, 3.8) is 0 Å². The Labute approximate surface area is 191 Å². The van der Waals surface area contributed by atoms with E-state index >= 15 is 0 Å². The summed E-state index contributed by atoms with van der Waals surface area (Å²) in [5.74, 6) is 0.205. The molecule has 5 rings (SSSR count). The minimum atomic E-state index is 0.205. The SMILES string of the molecule is CN(C)c1ccc(C(c2ccc(N(C)C)cc2)c2ccc3c(c2)Cc2ccccc2-3)cc1. The third-order valence-corrected chi connectivity index (χ3v) is 6.64. The van der Waals surface area contributed by atoms with Crippen LogP contribution in [-0.2, 0) is 6.42 Å². The molecule has 0 atom stereocenters. The minimum Gasteiger partial charge on any atom is -0.378 e. The molecule has 0 aliphatic heterocycles. The monoisotopic (exact) mass is 418 g/mol. The molecule has 32 heavy (non-hydrogen) atoms. The first-order chi connectivity index (χ1) is 15.5. The third kappa shape index (κ3) is 3.67. The predicted octanol–water partition coefficient (Wildman–Crippen LogP) is 6.57. The zero-order valence-electron chi connectivity index (χ0n) is 19.3. The smallest absolute Gasteiger partial charge is 0.0361 e. The number of hydrogen-bond acceptors (Lipinski definition) is 2. The molecule has 0 unspecified atom stereocenters. The number of nitrogens with zero attached hydrogens (tertiary/aromatic N) is 2. The van der Waals surface area contributed by atoms with Crippen LogP contribution in [0, 0.1) is 0 Å². The van der Waals surface area contributed by atoms with Crippen molar-refractivity contribution in [2.45, 2.75) is 12.3 Å². The highest BCUT2D eigenvalue weighted by Crippen LogP contribution is 2.40. The van der Waals surface area contributed by atoms with E-state index in [4.69, 9.17) is 0 Å². The van der Waals surface area contributed by atoms with Crippen molar-refractivity contribution in [2.24, 2.45) is 0 Å². The number of rotatable bonds is 5. The quantitative estimate of drug-likeness (QED) is 0.298. The van der Waals surface area contributed by atoms with Crippen molar-refractivity contribution in [1.82, 2.24) is 0 Å². The summed E-state index contributed by atoms with van der Waals surface area (Å²) < 4.78 is 0. The maximum absolute atomic E-state index is 2.43. The van der Waals surface area contributed by atoms with Gasteiger partial charge in [0.15, 0.2) is 0 Å². The van der Waals surface area contributed by atoms with Crippen LogP contribution in [-0.4, -0.2) is 28.2 Å². The van der Waals surface area contributed by atoms with Crippen LogP contribution < -0.4 is 9.80 Å². The molecule has 0 saturated heterocycles. The topological polar surface area (TPSA) is 6.48 Å². The Hall–Kier alpha value is -3.52. The van der Waals surface area contributed by atoms with Crippen LogP contribution in [0.25, 0.3) is 11.1 Å². The molecule has 1 aliphatic carbocycles. The molecule has 0 amide bonds. The van der Waals surface area contributed by atoms with E-state index in [9.17, 15) is 0 Å². The Morgan fingerprint density at radius 1 is 0.531 bits per heavy atom. The summed E-state index contributed by atoms with van der Waals surface area (Å²) in [6, 6.07) is 33.9. The highest BCUT2D eigenvalue weighted by Gasteiger charge is 2.22. The van der Waals surface area contributed by atoms with Crippen LogP contribution in [0.4, 0.5) is 11.4 Å². The summed E-state index contributed by atoms with van der Waals surface area (Å²) in [4.78, 5) is 4.30. The van der Waals surface area contributed by atoms with Gasteiger partial charge < -0.3 is 9.80 Å². The third-order valence-electron chi connectivity index (χ3n) is 6.64. The van der Waals surface area contributed by atoms with Gasteiger partial charge in [-0.2, -0.15) is 0 Å². The van der Waals surface area contributed by atoms with Crippen LogP contribution in [0.5, 0.6) is 0 Å². The van der Waals surface area contributed by atoms with Gasteiger partial charge in [-0.1, -0.05) is 66.7 Å². The number of hydrogen-bond donors (Lipinski definition) is 0. The van der Waals surface area contributed by atoms with E-state index in [1.165, 1.54) is 50.3 Å². The van der Waals surface area contributed by atoms with Crippen molar-refractivity contribution in [3.8, 4) is 11.1 Å². The molecule has 0 spiro atoms. The molecular weight excluding hydrogens is 388 g/mol. The van der Waals surface area contributed by atoms with Gasteiger partial charge in [0.1, 0.15) is 0 Å². The molecule has 2 nitrogen and oxygen atoms in total. The maximum Gasteiger partial charge on any atom is 0.0361 e. The summed E-state index contributed by atoms with van der Waals surface area (Å²) in [7, 11) is 8.35. The average Bonchev–Trinajstić information content (AvgIpc) is 3.18. The Morgan fingerprint density at radius 3 is 1.59 bits per heavy atom. The number of fused-ring (bicyclic) bond motifs is 3. The Morgan fingerprint density at radius 2 is 1.03 bits per heavy atom. The second-order valence-electron chi connectivity index (χ2n) is 9.16. The largest absolute Gasteiger partial charge is 0.378 e. The van der Waals surface area contributed by atoms with Crippen molar-refractivity contribution in [2.75, 3.05) is 38.0 Å². The van der Waals surface area contributed by atoms with Gasteiger partial charge in [-0.3, -0.25) is 0 Å². The van der Waals surface area contributed by atoms with Crippen molar-refractivity contribution in [3.05, 3.63) is 119 Å². The highest BCUT2D eigenvalue weighted by atomic mass is 15.1. The zero-order chi connectivity index (χ0) is 22.2. The fourth-order valence-corrected chi connectivity index (χ4v) is 4.85. The van der Waals surface area contributed by atoms with Gasteiger partial charge in [0.2, 0.25) is 0 Å². The molecule has 0 N–H and O–H groups in total. The fraction of sp³-hybridized carbons (Fsp3) is 0.200. The van der Waals surface area contributed by atoms with Gasteiger partial charge in [-0.15, -0.1) is 0 Å². The van der Waals surface area contributed by atoms with Crippen molar-refractivity contribution < 1.29 is 0 Å². The van der Waals surface area contributed by atoms with Crippen LogP contribution in [0.2, 0.25) is 0 Å². The highest BCUT2D eigenvalue weighted by molar-refractivity contribution is 5.77. The lowest BCUT2D eigenvalue weighted by molar-refractivity contribution is 0.969. The average molecular weight is 419 g/mol. The lowest BCUT2D eigenvalue weighted by Gasteiger charge is -2.22. The predicted molar refractivity (Wildman–Crippen MR) is 137 cm³/mol. The van der Waals surface area contributed by atoms with Crippen LogP contribution in [0.15, 0.2) is 91.0 Å². The van der Waals surface area contributed by atoms with Crippen LogP contribution >= 0.6 is 0 Å². The van der Waals surface area contributed by atoms with Crippen molar-refractivity contribution in [1.29, 1.82) is 0 Å². The van der Waals surface area contributed by atoms with Gasteiger partial charge in [-0.05, 0) is 69.6 Å². The minimum absolute atomic E-state index is 0.205. The van der Waals surface area contributed by atoms with Gasteiger partial charge in [0.25, 0.3) is 0 Å². The van der Waals surface area contributed by atoms with Gasteiger partial charge >= 0.3 is 0 Å². The van der Waals surface area contributed by atoms with Gasteiger partial charge in [0, 0.05) is 45.5 Å². The molecule has 4 aromatic carbocycles. The van der Waals surface area contributed by atoms with Crippen molar-refractivity contribution >= 4 is 11.4 Å². The number of anilines is 2. The summed E-state index contributed by atoms with van der Waals surface area (Å²) >= 11 is 0. The van der Waals surface area contributed by atoms with E-state index in [2.05, 4.69) is 129 Å². The Balaban J connectivity index is 1.59. The molecule has 4 aromatic rings. The first-order valence-electron chi connectivity index (χ1n) is 11.3. The lowest BCUT2D eigenvalue weighted by atomic mass is 9.83. The summed E-state index contributed by atoms with van der Waals surface area (Å²) in [5, 5.41) is 0. The van der Waals surface area contributed by atoms with Crippen LogP contribution in [0.3, 0.4) is 0 Å². The molecule has 1 aliphatic rings. The first-order valence-corrected chi connectivity index (χ1v) is 11.3. The molecule has 0 aromatic heterocycles. The summed E-state index contributed by atoms with van der Waals surface area (Å²) in [5.41, 5.74) is 12.1. The maximum atomic E-state index is 2.43. The van der Waals surface area contributed by atoms with E-state index < -0.39 is 0 Å². The molecule has 0 heterocycles. The fourth-order valence-electron chi connectivity index (χ4n) is 4.85.